The first-order chi connectivity index (χ1) is 18.1. The number of fused-ring (bicyclic) bond motifs is 1. The number of carbonyl (C=O) groups excluding carboxylic acids is 2. The van der Waals surface area contributed by atoms with Gasteiger partial charge in [-0.2, -0.15) is 12.6 Å². The molecular weight excluding hydrogens is 474 g/mol. The Balaban J connectivity index is 1.21. The van der Waals surface area contributed by atoms with Gasteiger partial charge in [0, 0.05) is 31.2 Å². The lowest BCUT2D eigenvalue weighted by Gasteiger charge is -2.41. The minimum Gasteiger partial charge on any atom is -0.343 e. The lowest BCUT2D eigenvalue weighted by molar-refractivity contribution is -0.136. The number of thiol groups is 1. The summed E-state index contributed by atoms with van der Waals surface area (Å²) in [7, 11) is 0. The number of nitrogens with zero attached hydrogens (tertiary/aromatic N) is 1. The largest absolute Gasteiger partial charge is 0.343 e. The number of hydrogen-bond donors (Lipinski definition) is 1. The van der Waals surface area contributed by atoms with Gasteiger partial charge in [-0.25, -0.2) is 0 Å². The van der Waals surface area contributed by atoms with E-state index in [1.165, 1.54) is 16.7 Å². The Bertz CT molecular complexity index is 1200. The molecule has 0 bridgehead atoms. The molecule has 2 atom stereocenters. The molecule has 2 aliphatic rings. The predicted molar refractivity (Wildman–Crippen MR) is 153 cm³/mol. The van der Waals surface area contributed by atoms with Crippen LogP contribution in [0, 0.1) is 0 Å². The van der Waals surface area contributed by atoms with Crippen molar-refractivity contribution in [3.05, 3.63) is 107 Å². The minimum absolute atomic E-state index is 0.192. The number of ketones is 1. The molecule has 1 heterocycles. The van der Waals surface area contributed by atoms with Gasteiger partial charge in [-0.05, 0) is 66.7 Å². The van der Waals surface area contributed by atoms with Gasteiger partial charge in [0.2, 0.25) is 5.91 Å². The second-order valence-corrected chi connectivity index (χ2v) is 11.4. The Morgan fingerprint density at radius 1 is 0.838 bits per heavy atom. The van der Waals surface area contributed by atoms with E-state index in [0.29, 0.717) is 55.7 Å². The summed E-state index contributed by atoms with van der Waals surface area (Å²) in [5.41, 5.74) is 4.62. The van der Waals surface area contributed by atoms with Crippen LogP contribution < -0.4 is 0 Å². The molecular formula is C33H37NO2S. The number of hydrogen-bond acceptors (Lipinski definition) is 3. The van der Waals surface area contributed by atoms with Crippen LogP contribution >= 0.6 is 12.6 Å². The molecule has 1 aliphatic carbocycles. The topological polar surface area (TPSA) is 37.4 Å². The minimum atomic E-state index is -0.495. The maximum atomic E-state index is 13.9. The third-order valence-electron chi connectivity index (χ3n) is 8.57. The van der Waals surface area contributed by atoms with Crippen molar-refractivity contribution in [2.24, 2.45) is 0 Å². The molecule has 1 saturated heterocycles. The normalized spacial score (nSPS) is 20.4. The number of piperidine rings is 1. The van der Waals surface area contributed by atoms with Crippen molar-refractivity contribution in [2.45, 2.75) is 67.9 Å². The Labute approximate surface area is 226 Å². The van der Waals surface area contributed by atoms with Crippen molar-refractivity contribution in [1.82, 2.24) is 4.90 Å². The van der Waals surface area contributed by atoms with Crippen molar-refractivity contribution < 1.29 is 9.59 Å². The fraction of sp³-hybridized carbons (Fsp3) is 0.394. The van der Waals surface area contributed by atoms with E-state index in [1.807, 2.05) is 41.3 Å². The summed E-state index contributed by atoms with van der Waals surface area (Å²) in [6.07, 6.45) is 6.15. The van der Waals surface area contributed by atoms with E-state index in [9.17, 15) is 9.59 Å². The maximum absolute atomic E-state index is 13.9. The smallest absolute Gasteiger partial charge is 0.222 e. The Hall–Kier alpha value is -2.85. The zero-order chi connectivity index (χ0) is 25.7. The molecule has 3 aromatic carbocycles. The van der Waals surface area contributed by atoms with Gasteiger partial charge >= 0.3 is 0 Å². The summed E-state index contributed by atoms with van der Waals surface area (Å²) in [6, 6.07) is 29.1. The second kappa shape index (κ2) is 11.7. The third kappa shape index (κ3) is 5.70. The second-order valence-electron chi connectivity index (χ2n) is 10.7. The molecule has 1 aliphatic heterocycles. The average Bonchev–Trinajstić information content (AvgIpc) is 3.27. The first-order valence-electron chi connectivity index (χ1n) is 13.7. The van der Waals surface area contributed by atoms with Gasteiger partial charge in [0.05, 0.1) is 5.41 Å². The Morgan fingerprint density at radius 2 is 1.49 bits per heavy atom. The number of carbonyl (C=O) groups is 2. The van der Waals surface area contributed by atoms with Gasteiger partial charge in [0.1, 0.15) is 5.78 Å². The maximum Gasteiger partial charge on any atom is 0.222 e. The number of benzene rings is 3. The van der Waals surface area contributed by atoms with E-state index < -0.39 is 5.41 Å². The highest BCUT2D eigenvalue weighted by atomic mass is 32.1. The molecule has 192 valence electrons. The number of likely N-dealkylation sites (tertiary alicyclic amines) is 1. The van der Waals surface area contributed by atoms with Gasteiger partial charge in [0.25, 0.3) is 0 Å². The van der Waals surface area contributed by atoms with Gasteiger partial charge < -0.3 is 4.90 Å². The molecule has 5 rings (SSSR count). The SMILES string of the molecule is O=C(CCc1ccccc1)N1CCC(C(=O)CCCC2c3ccccc3CC2S)(c2ccccc2)CC1. The number of amides is 1. The molecule has 2 unspecified atom stereocenters. The lowest BCUT2D eigenvalue weighted by atomic mass is 9.68. The van der Waals surface area contributed by atoms with Crippen LogP contribution in [0.2, 0.25) is 0 Å². The van der Waals surface area contributed by atoms with Gasteiger partial charge in [-0.3, -0.25) is 9.59 Å². The fourth-order valence-corrected chi connectivity index (χ4v) is 6.91. The van der Waals surface area contributed by atoms with Crippen LogP contribution in [0.3, 0.4) is 0 Å². The predicted octanol–water partition coefficient (Wildman–Crippen LogP) is 6.56. The number of aryl methyl sites for hydroxylation is 1. The van der Waals surface area contributed by atoms with Gasteiger partial charge in [-0.1, -0.05) is 84.9 Å². The van der Waals surface area contributed by atoms with E-state index in [4.69, 9.17) is 12.6 Å². The molecule has 37 heavy (non-hydrogen) atoms. The molecule has 0 saturated carbocycles. The summed E-state index contributed by atoms with van der Waals surface area (Å²) in [4.78, 5) is 28.8. The molecule has 4 heteroatoms. The molecule has 0 aromatic heterocycles. The van der Waals surface area contributed by atoms with E-state index in [2.05, 4.69) is 48.5 Å². The summed E-state index contributed by atoms with van der Waals surface area (Å²) >= 11 is 4.88. The number of rotatable bonds is 9. The molecule has 0 spiro atoms. The number of Topliss-reactive ketones (excluding diaryl/α,β-unsaturated/α-hetero) is 1. The van der Waals surface area contributed by atoms with E-state index in [1.54, 1.807) is 0 Å². The summed E-state index contributed by atoms with van der Waals surface area (Å²) in [5, 5.41) is 0.334. The van der Waals surface area contributed by atoms with Crippen molar-refractivity contribution in [3.63, 3.8) is 0 Å². The van der Waals surface area contributed by atoms with Crippen molar-refractivity contribution in [3.8, 4) is 0 Å². The fourth-order valence-electron chi connectivity index (χ4n) is 6.40. The van der Waals surface area contributed by atoms with Crippen LogP contribution in [-0.4, -0.2) is 34.9 Å². The third-order valence-corrected chi connectivity index (χ3v) is 9.11. The van der Waals surface area contributed by atoms with Crippen LogP contribution in [0.1, 0.15) is 66.7 Å². The highest BCUT2D eigenvalue weighted by molar-refractivity contribution is 7.81. The molecule has 1 fully saturated rings. The molecule has 0 radical (unpaired) electrons. The quantitative estimate of drug-likeness (QED) is 0.331. The van der Waals surface area contributed by atoms with Crippen LogP contribution in [-0.2, 0) is 27.8 Å². The molecule has 3 nitrogen and oxygen atoms in total. The highest BCUT2D eigenvalue weighted by Gasteiger charge is 2.43. The molecule has 0 N–H and O–H groups in total. The van der Waals surface area contributed by atoms with Crippen LogP contribution in [0.5, 0.6) is 0 Å². The monoisotopic (exact) mass is 511 g/mol. The Kier molecular flexibility index (Phi) is 8.14. The highest BCUT2D eigenvalue weighted by Crippen LogP contribution is 2.41. The average molecular weight is 512 g/mol. The zero-order valence-corrected chi connectivity index (χ0v) is 22.4. The van der Waals surface area contributed by atoms with Crippen molar-refractivity contribution >= 4 is 24.3 Å². The zero-order valence-electron chi connectivity index (χ0n) is 21.5. The Morgan fingerprint density at radius 3 is 2.22 bits per heavy atom. The lowest BCUT2D eigenvalue weighted by Crippen LogP contribution is -2.49. The van der Waals surface area contributed by atoms with Crippen molar-refractivity contribution in [2.75, 3.05) is 13.1 Å². The van der Waals surface area contributed by atoms with Crippen LogP contribution in [0.4, 0.5) is 0 Å². The van der Waals surface area contributed by atoms with Crippen LogP contribution in [0.25, 0.3) is 0 Å². The van der Waals surface area contributed by atoms with Gasteiger partial charge in [-0.15, -0.1) is 0 Å². The summed E-state index contributed by atoms with van der Waals surface area (Å²) < 4.78 is 0. The first kappa shape index (κ1) is 25.8. The first-order valence-corrected chi connectivity index (χ1v) is 14.2. The molecule has 1 amide bonds. The molecule has 3 aromatic rings. The van der Waals surface area contributed by atoms with Crippen molar-refractivity contribution in [1.29, 1.82) is 0 Å². The standard InChI is InChI=1S/C33H37NO2S/c35-31(17-9-16-29-28-15-8-7-12-26(28)24-30(29)37)33(27-13-5-2-6-14-27)20-22-34(23-21-33)32(36)19-18-25-10-3-1-4-11-25/h1-8,10-15,29-30,37H,9,16-24H2. The van der Waals surface area contributed by atoms with E-state index >= 15 is 0 Å². The van der Waals surface area contributed by atoms with Gasteiger partial charge in [0.15, 0.2) is 0 Å². The summed E-state index contributed by atoms with van der Waals surface area (Å²) in [5.74, 6) is 0.943. The van der Waals surface area contributed by atoms with E-state index in [0.717, 1.165) is 31.2 Å². The van der Waals surface area contributed by atoms with E-state index in [-0.39, 0.29) is 5.91 Å². The van der Waals surface area contributed by atoms with Crippen LogP contribution in [0.15, 0.2) is 84.9 Å². The summed E-state index contributed by atoms with van der Waals surface area (Å²) in [6.45, 7) is 1.28.